The Morgan fingerprint density at radius 2 is 1.84 bits per heavy atom. The SMILES string of the molecule is CN(c1ncc(-c2ccc(-c3cnn(C4CCCCO4)c3)c3ncsc23)nn1)C1C[C@H]2CC[C@@H](C1)N2C(=O)OC(C)(C)C. The smallest absolute Gasteiger partial charge is 0.410 e. The van der Waals surface area contributed by atoms with Gasteiger partial charge in [-0.15, -0.1) is 21.5 Å². The van der Waals surface area contributed by atoms with Gasteiger partial charge in [-0.05, 0) is 65.7 Å². The highest BCUT2D eigenvalue weighted by Crippen LogP contribution is 2.40. The van der Waals surface area contributed by atoms with Crippen LogP contribution in [0.25, 0.3) is 32.6 Å². The zero-order chi connectivity index (χ0) is 29.7. The first-order valence-corrected chi connectivity index (χ1v) is 16.1. The average molecular weight is 603 g/mol. The molecule has 4 atom stereocenters. The highest BCUT2D eigenvalue weighted by atomic mass is 32.1. The van der Waals surface area contributed by atoms with E-state index in [2.05, 4.69) is 38.5 Å². The normalized spacial score (nSPS) is 24.0. The van der Waals surface area contributed by atoms with Crippen LogP contribution in [-0.2, 0) is 9.47 Å². The number of ether oxygens (including phenoxy) is 2. The molecule has 3 fully saturated rings. The number of piperidine rings is 1. The number of hydrogen-bond acceptors (Lipinski definition) is 10. The lowest BCUT2D eigenvalue weighted by Gasteiger charge is -2.42. The lowest BCUT2D eigenvalue weighted by Crippen LogP contribution is -2.53. The number of nitrogens with zero attached hydrogens (tertiary/aromatic N) is 8. The number of anilines is 1. The fourth-order valence-electron chi connectivity index (χ4n) is 6.75. The van der Waals surface area contributed by atoms with Crippen molar-refractivity contribution in [2.75, 3.05) is 18.6 Å². The van der Waals surface area contributed by atoms with Crippen molar-refractivity contribution in [3.8, 4) is 22.4 Å². The average Bonchev–Trinajstić information content (AvgIpc) is 3.74. The Morgan fingerprint density at radius 1 is 1.05 bits per heavy atom. The van der Waals surface area contributed by atoms with Crippen LogP contribution < -0.4 is 4.90 Å². The fourth-order valence-corrected chi connectivity index (χ4v) is 7.58. The molecule has 0 aliphatic carbocycles. The molecule has 226 valence electrons. The van der Waals surface area contributed by atoms with E-state index >= 15 is 0 Å². The molecule has 1 aromatic carbocycles. The monoisotopic (exact) mass is 602 g/mol. The standard InChI is InChI=1S/C31H38N8O3S/c1-31(2,3)42-30(40)39-20-8-9-21(39)14-22(13-20)37(4)29-32-16-25(35-36-29)24-11-10-23(27-28(24)43-18-33-27)19-15-34-38(17-19)26-7-5-6-12-41-26/h10-11,15-18,20-22,26H,5-9,12-14H2,1-4H3/t20-,21+,22?,26?. The molecule has 3 saturated heterocycles. The lowest BCUT2D eigenvalue weighted by molar-refractivity contribution is -0.0394. The van der Waals surface area contributed by atoms with Crippen LogP contribution in [0.1, 0.15) is 71.9 Å². The summed E-state index contributed by atoms with van der Waals surface area (Å²) < 4.78 is 14.6. The van der Waals surface area contributed by atoms with Crippen LogP contribution in [0.2, 0.25) is 0 Å². The number of rotatable bonds is 5. The van der Waals surface area contributed by atoms with Crippen LogP contribution in [-0.4, -0.2) is 78.3 Å². The van der Waals surface area contributed by atoms with Crippen molar-refractivity contribution in [3.63, 3.8) is 0 Å². The maximum absolute atomic E-state index is 12.9. The zero-order valence-electron chi connectivity index (χ0n) is 25.1. The third-order valence-electron chi connectivity index (χ3n) is 8.85. The molecule has 1 amide bonds. The van der Waals surface area contributed by atoms with Crippen molar-refractivity contribution in [2.24, 2.45) is 0 Å². The van der Waals surface area contributed by atoms with E-state index in [0.717, 1.165) is 78.5 Å². The van der Waals surface area contributed by atoms with Crippen LogP contribution in [0.15, 0.2) is 36.2 Å². The van der Waals surface area contributed by atoms with Crippen LogP contribution in [0.3, 0.4) is 0 Å². The molecular weight excluding hydrogens is 564 g/mol. The van der Waals surface area contributed by atoms with Gasteiger partial charge in [-0.1, -0.05) is 12.1 Å². The first-order valence-electron chi connectivity index (χ1n) is 15.2. The number of thiazole rings is 1. The number of benzene rings is 1. The molecule has 3 aromatic heterocycles. The molecule has 0 radical (unpaired) electrons. The van der Waals surface area contributed by atoms with Crippen LogP contribution in [0.5, 0.6) is 0 Å². The second-order valence-corrected chi connectivity index (χ2v) is 13.7. The predicted octanol–water partition coefficient (Wildman–Crippen LogP) is 6.08. The highest BCUT2D eigenvalue weighted by Gasteiger charge is 2.46. The maximum Gasteiger partial charge on any atom is 0.410 e. The van der Waals surface area contributed by atoms with E-state index < -0.39 is 5.60 Å². The molecule has 4 aromatic rings. The topological polar surface area (TPSA) is 111 Å². The van der Waals surface area contributed by atoms with Gasteiger partial charge in [0.1, 0.15) is 17.5 Å². The van der Waals surface area contributed by atoms with Gasteiger partial charge in [-0.2, -0.15) is 5.10 Å². The number of aromatic nitrogens is 6. The summed E-state index contributed by atoms with van der Waals surface area (Å²) in [6.45, 7) is 6.53. The Hall–Kier alpha value is -3.64. The quantitative estimate of drug-likeness (QED) is 0.268. The molecule has 6 heterocycles. The minimum atomic E-state index is -0.496. The summed E-state index contributed by atoms with van der Waals surface area (Å²) in [4.78, 5) is 26.4. The molecule has 7 rings (SSSR count). The summed E-state index contributed by atoms with van der Waals surface area (Å²) in [5.74, 6) is 0.591. The third-order valence-corrected chi connectivity index (χ3v) is 9.71. The van der Waals surface area contributed by atoms with E-state index in [-0.39, 0.29) is 30.4 Å². The minimum Gasteiger partial charge on any atom is -0.444 e. The number of amides is 1. The van der Waals surface area contributed by atoms with Gasteiger partial charge < -0.3 is 19.3 Å². The van der Waals surface area contributed by atoms with E-state index in [1.165, 1.54) is 0 Å². The van der Waals surface area contributed by atoms with Crippen molar-refractivity contribution >= 4 is 33.6 Å². The van der Waals surface area contributed by atoms with E-state index in [9.17, 15) is 4.79 Å². The van der Waals surface area contributed by atoms with Gasteiger partial charge >= 0.3 is 6.09 Å². The molecule has 3 aliphatic heterocycles. The lowest BCUT2D eigenvalue weighted by atomic mass is 9.97. The highest BCUT2D eigenvalue weighted by molar-refractivity contribution is 7.17. The van der Waals surface area contributed by atoms with Crippen molar-refractivity contribution in [3.05, 3.63) is 36.2 Å². The van der Waals surface area contributed by atoms with Crippen LogP contribution >= 0.6 is 11.3 Å². The van der Waals surface area contributed by atoms with Gasteiger partial charge in [0.25, 0.3) is 0 Å². The maximum atomic E-state index is 12.9. The summed E-state index contributed by atoms with van der Waals surface area (Å²) in [5.41, 5.74) is 6.01. The number of carbonyl (C=O) groups is 1. The summed E-state index contributed by atoms with van der Waals surface area (Å²) in [5, 5.41) is 13.8. The Morgan fingerprint density at radius 3 is 2.53 bits per heavy atom. The van der Waals surface area contributed by atoms with Gasteiger partial charge in [-0.25, -0.2) is 19.4 Å². The molecule has 3 aliphatic rings. The fraction of sp³-hybridized carbons (Fsp3) is 0.548. The minimum absolute atomic E-state index is 0.00150. The largest absolute Gasteiger partial charge is 0.444 e. The van der Waals surface area contributed by atoms with E-state index in [1.807, 2.05) is 49.1 Å². The van der Waals surface area contributed by atoms with Crippen molar-refractivity contribution in [1.82, 2.24) is 34.8 Å². The molecular formula is C31H38N8O3S. The number of hydrogen-bond donors (Lipinski definition) is 0. The van der Waals surface area contributed by atoms with E-state index in [4.69, 9.17) is 19.4 Å². The van der Waals surface area contributed by atoms with Gasteiger partial charge in [0.2, 0.25) is 5.95 Å². The van der Waals surface area contributed by atoms with Crippen molar-refractivity contribution in [2.45, 2.75) is 95.7 Å². The summed E-state index contributed by atoms with van der Waals surface area (Å²) in [6.07, 6.45) is 12.5. The summed E-state index contributed by atoms with van der Waals surface area (Å²) >= 11 is 1.59. The van der Waals surface area contributed by atoms with Crippen molar-refractivity contribution < 1.29 is 14.3 Å². The molecule has 0 N–H and O–H groups in total. The number of fused-ring (bicyclic) bond motifs is 3. The van der Waals surface area contributed by atoms with Gasteiger partial charge in [0.05, 0.1) is 28.1 Å². The van der Waals surface area contributed by atoms with Gasteiger partial charge in [0.15, 0.2) is 0 Å². The molecule has 2 bridgehead atoms. The summed E-state index contributed by atoms with van der Waals surface area (Å²) in [7, 11) is 2.03. The second-order valence-electron chi connectivity index (χ2n) is 12.9. The van der Waals surface area contributed by atoms with Gasteiger partial charge in [0, 0.05) is 54.7 Å². The molecule has 0 saturated carbocycles. The molecule has 2 unspecified atom stereocenters. The Balaban J connectivity index is 1.07. The zero-order valence-corrected chi connectivity index (χ0v) is 26.0. The molecule has 11 nitrogen and oxygen atoms in total. The van der Waals surface area contributed by atoms with Gasteiger partial charge in [-0.3, -0.25) is 0 Å². The first kappa shape index (κ1) is 28.1. The molecule has 43 heavy (non-hydrogen) atoms. The summed E-state index contributed by atoms with van der Waals surface area (Å²) in [6, 6.07) is 4.73. The van der Waals surface area contributed by atoms with E-state index in [1.54, 1.807) is 17.5 Å². The predicted molar refractivity (Wildman–Crippen MR) is 165 cm³/mol. The Bertz CT molecular complexity index is 1590. The third kappa shape index (κ3) is 5.46. The Labute approximate surface area is 255 Å². The number of carbonyl (C=O) groups excluding carboxylic acids is 1. The molecule has 12 heteroatoms. The first-order chi connectivity index (χ1) is 20.7. The molecule has 0 spiro atoms. The van der Waals surface area contributed by atoms with E-state index in [0.29, 0.717) is 11.6 Å². The second kappa shape index (κ2) is 11.1. The van der Waals surface area contributed by atoms with Crippen LogP contribution in [0, 0.1) is 0 Å². The van der Waals surface area contributed by atoms with Crippen molar-refractivity contribution in [1.29, 1.82) is 0 Å². The van der Waals surface area contributed by atoms with Crippen LogP contribution in [0.4, 0.5) is 10.7 Å². The Kier molecular flexibility index (Phi) is 7.29.